The number of halogens is 2. The molecular weight excluding hydrogens is 409 g/mol. The highest BCUT2D eigenvalue weighted by Gasteiger charge is 2.25. The van der Waals surface area contributed by atoms with Crippen LogP contribution in [0.3, 0.4) is 0 Å². The van der Waals surface area contributed by atoms with Crippen LogP contribution in [-0.2, 0) is 11.2 Å². The molecule has 162 valence electrons. The lowest BCUT2D eigenvalue weighted by Crippen LogP contribution is -2.46. The summed E-state index contributed by atoms with van der Waals surface area (Å²) < 4.78 is 19.1. The summed E-state index contributed by atoms with van der Waals surface area (Å²) in [6, 6.07) is 12.1. The van der Waals surface area contributed by atoms with Gasteiger partial charge in [-0.2, -0.15) is 0 Å². The van der Waals surface area contributed by atoms with E-state index >= 15 is 0 Å². The molecule has 1 aliphatic heterocycles. The topological polar surface area (TPSA) is 73.8 Å². The molecule has 1 heterocycles. The van der Waals surface area contributed by atoms with Crippen LogP contribution in [0.15, 0.2) is 42.5 Å². The van der Waals surface area contributed by atoms with Gasteiger partial charge < -0.3 is 15.2 Å². The maximum atomic E-state index is 13.5. The van der Waals surface area contributed by atoms with Crippen LogP contribution in [0.2, 0.25) is 5.02 Å². The van der Waals surface area contributed by atoms with Crippen molar-refractivity contribution in [3.05, 3.63) is 58.9 Å². The van der Waals surface area contributed by atoms with E-state index < -0.39 is 11.9 Å². The molecule has 0 aromatic heterocycles. The van der Waals surface area contributed by atoms with E-state index in [0.29, 0.717) is 18.3 Å². The SMILES string of the molecule is CC(=O)Nc1ccc(F)cc1OC[C@@H](O)CNN1CCC[C@H]1Cc1ccc(Cl)cc1. The Morgan fingerprint density at radius 1 is 1.33 bits per heavy atom. The number of amides is 1. The molecule has 2 aromatic carbocycles. The van der Waals surface area contributed by atoms with Crippen LogP contribution in [0, 0.1) is 5.82 Å². The first kappa shape index (κ1) is 22.5. The van der Waals surface area contributed by atoms with E-state index in [1.54, 1.807) is 0 Å². The number of hydrazine groups is 1. The van der Waals surface area contributed by atoms with Gasteiger partial charge in [0, 0.05) is 37.1 Å². The quantitative estimate of drug-likeness (QED) is 0.563. The van der Waals surface area contributed by atoms with Crippen LogP contribution < -0.4 is 15.5 Å². The number of hydrogen-bond donors (Lipinski definition) is 3. The molecule has 0 bridgehead atoms. The van der Waals surface area contributed by atoms with Gasteiger partial charge in [-0.3, -0.25) is 10.2 Å². The number of ether oxygens (including phenoxy) is 1. The molecule has 0 unspecified atom stereocenters. The van der Waals surface area contributed by atoms with Crippen LogP contribution in [0.25, 0.3) is 0 Å². The first-order chi connectivity index (χ1) is 14.4. The fraction of sp³-hybridized carbons (Fsp3) is 0.409. The van der Waals surface area contributed by atoms with E-state index in [4.69, 9.17) is 16.3 Å². The number of aliphatic hydroxyl groups excluding tert-OH is 1. The lowest BCUT2D eigenvalue weighted by molar-refractivity contribution is -0.114. The van der Waals surface area contributed by atoms with Crippen molar-refractivity contribution in [1.29, 1.82) is 0 Å². The average molecular weight is 436 g/mol. The molecule has 30 heavy (non-hydrogen) atoms. The van der Waals surface area contributed by atoms with Gasteiger partial charge in [-0.05, 0) is 49.1 Å². The zero-order chi connectivity index (χ0) is 21.5. The number of hydrogen-bond acceptors (Lipinski definition) is 5. The second kappa shape index (κ2) is 10.7. The van der Waals surface area contributed by atoms with Crippen molar-refractivity contribution >= 4 is 23.2 Å². The molecule has 0 spiro atoms. The third-order valence-electron chi connectivity index (χ3n) is 4.98. The largest absolute Gasteiger partial charge is 0.489 e. The van der Waals surface area contributed by atoms with Gasteiger partial charge >= 0.3 is 0 Å². The van der Waals surface area contributed by atoms with Crippen molar-refractivity contribution in [3.63, 3.8) is 0 Å². The van der Waals surface area contributed by atoms with Gasteiger partial charge in [-0.25, -0.2) is 9.40 Å². The highest BCUT2D eigenvalue weighted by molar-refractivity contribution is 6.30. The van der Waals surface area contributed by atoms with Gasteiger partial charge in [0.25, 0.3) is 0 Å². The van der Waals surface area contributed by atoms with E-state index in [-0.39, 0.29) is 18.3 Å². The Bertz CT molecular complexity index is 850. The van der Waals surface area contributed by atoms with E-state index in [0.717, 1.165) is 30.8 Å². The minimum Gasteiger partial charge on any atom is -0.489 e. The number of carbonyl (C=O) groups excluding carboxylic acids is 1. The molecule has 1 amide bonds. The van der Waals surface area contributed by atoms with Gasteiger partial charge in [0.2, 0.25) is 5.91 Å². The summed E-state index contributed by atoms with van der Waals surface area (Å²) in [4.78, 5) is 11.3. The third kappa shape index (κ3) is 6.67. The molecule has 0 radical (unpaired) electrons. The van der Waals surface area contributed by atoms with Crippen LogP contribution in [0.1, 0.15) is 25.3 Å². The number of benzene rings is 2. The molecule has 3 rings (SSSR count). The highest BCUT2D eigenvalue weighted by atomic mass is 35.5. The minimum absolute atomic E-state index is 0.0290. The van der Waals surface area contributed by atoms with Crippen LogP contribution >= 0.6 is 11.6 Å². The molecule has 2 atom stereocenters. The second-order valence-corrected chi connectivity index (χ2v) is 7.91. The first-order valence-electron chi connectivity index (χ1n) is 10.0. The number of nitrogens with zero attached hydrogens (tertiary/aromatic N) is 1. The second-order valence-electron chi connectivity index (χ2n) is 7.47. The molecule has 1 saturated heterocycles. The number of carbonyl (C=O) groups is 1. The fourth-order valence-electron chi connectivity index (χ4n) is 3.52. The van der Waals surface area contributed by atoms with Crippen molar-refractivity contribution in [2.24, 2.45) is 0 Å². The molecule has 0 aliphatic carbocycles. The summed E-state index contributed by atoms with van der Waals surface area (Å²) in [6.07, 6.45) is 2.27. The van der Waals surface area contributed by atoms with Gasteiger partial charge in [0.1, 0.15) is 24.3 Å². The standard InChI is InChI=1S/C22H27ClFN3O3/c1-15(28)26-21-9-8-18(24)12-22(21)30-14-20(29)13-25-27-10-2-3-19(27)11-16-4-6-17(23)7-5-16/h4-9,12,19-20,25,29H,2-3,10-11,13-14H2,1H3,(H,26,28)/t19-,20-/m0/s1. The van der Waals surface area contributed by atoms with Crippen molar-refractivity contribution in [2.75, 3.05) is 25.0 Å². The van der Waals surface area contributed by atoms with Crippen LogP contribution in [0.5, 0.6) is 5.75 Å². The maximum absolute atomic E-state index is 13.5. The third-order valence-corrected chi connectivity index (χ3v) is 5.23. The Hall–Kier alpha value is -2.19. The van der Waals surface area contributed by atoms with Crippen molar-refractivity contribution in [3.8, 4) is 5.75 Å². The Labute approximate surface area is 180 Å². The lowest BCUT2D eigenvalue weighted by Gasteiger charge is -2.27. The number of aliphatic hydroxyl groups is 1. The van der Waals surface area contributed by atoms with Crippen molar-refractivity contribution in [2.45, 2.75) is 38.3 Å². The monoisotopic (exact) mass is 435 g/mol. The Balaban J connectivity index is 1.48. The number of nitrogens with one attached hydrogen (secondary N) is 2. The molecule has 1 aliphatic rings. The Morgan fingerprint density at radius 3 is 2.83 bits per heavy atom. The zero-order valence-electron chi connectivity index (χ0n) is 16.9. The summed E-state index contributed by atoms with van der Waals surface area (Å²) in [5.74, 6) is -0.575. The van der Waals surface area contributed by atoms with Gasteiger partial charge in [-0.15, -0.1) is 0 Å². The summed E-state index contributed by atoms with van der Waals surface area (Å²) in [7, 11) is 0. The number of anilines is 1. The van der Waals surface area contributed by atoms with Crippen molar-refractivity contribution in [1.82, 2.24) is 10.4 Å². The van der Waals surface area contributed by atoms with Crippen LogP contribution in [0.4, 0.5) is 10.1 Å². The average Bonchev–Trinajstić information content (AvgIpc) is 3.15. The summed E-state index contributed by atoms with van der Waals surface area (Å²) in [5.41, 5.74) is 4.88. The molecule has 3 N–H and O–H groups in total. The zero-order valence-corrected chi connectivity index (χ0v) is 17.7. The van der Waals surface area contributed by atoms with E-state index in [1.807, 2.05) is 24.3 Å². The summed E-state index contributed by atoms with van der Waals surface area (Å²) >= 11 is 5.95. The Morgan fingerprint density at radius 2 is 2.10 bits per heavy atom. The molecular formula is C22H27ClFN3O3. The number of rotatable bonds is 9. The Kier molecular flexibility index (Phi) is 8.04. The predicted molar refractivity (Wildman–Crippen MR) is 115 cm³/mol. The minimum atomic E-state index is -0.796. The highest BCUT2D eigenvalue weighted by Crippen LogP contribution is 2.25. The smallest absolute Gasteiger partial charge is 0.221 e. The van der Waals surface area contributed by atoms with Gasteiger partial charge in [0.15, 0.2) is 0 Å². The van der Waals surface area contributed by atoms with Crippen molar-refractivity contribution < 1.29 is 19.0 Å². The molecule has 6 nitrogen and oxygen atoms in total. The normalized spacial score (nSPS) is 17.7. The molecule has 2 aromatic rings. The van der Waals surface area contributed by atoms with Gasteiger partial charge in [0.05, 0.1) is 5.69 Å². The first-order valence-corrected chi connectivity index (χ1v) is 10.4. The van der Waals surface area contributed by atoms with Crippen LogP contribution in [-0.4, -0.2) is 47.9 Å². The lowest BCUT2D eigenvalue weighted by atomic mass is 10.0. The molecule has 1 fully saturated rings. The fourth-order valence-corrected chi connectivity index (χ4v) is 3.65. The predicted octanol–water partition coefficient (Wildman–Crippen LogP) is 3.39. The molecule has 0 saturated carbocycles. The summed E-state index contributed by atoms with van der Waals surface area (Å²) in [5, 5.41) is 15.8. The van der Waals surface area contributed by atoms with E-state index in [1.165, 1.54) is 30.7 Å². The van der Waals surface area contributed by atoms with E-state index in [9.17, 15) is 14.3 Å². The van der Waals surface area contributed by atoms with Gasteiger partial charge in [-0.1, -0.05) is 23.7 Å². The van der Waals surface area contributed by atoms with E-state index in [2.05, 4.69) is 15.8 Å². The maximum Gasteiger partial charge on any atom is 0.221 e. The molecule has 8 heteroatoms. The summed E-state index contributed by atoms with van der Waals surface area (Å²) in [6.45, 7) is 2.55.